The molecule has 0 aromatic heterocycles. The van der Waals surface area contributed by atoms with Gasteiger partial charge in [0.15, 0.2) is 6.61 Å². The predicted octanol–water partition coefficient (Wildman–Crippen LogP) is 2.60. The van der Waals surface area contributed by atoms with E-state index in [1.54, 1.807) is 55.6 Å². The molecule has 0 atom stereocenters. The summed E-state index contributed by atoms with van der Waals surface area (Å²) in [7, 11) is 1.56. The Morgan fingerprint density at radius 1 is 1.07 bits per heavy atom. The van der Waals surface area contributed by atoms with Gasteiger partial charge in [-0.15, -0.1) is 12.4 Å². The smallest absolute Gasteiger partial charge is 0.262 e. The summed E-state index contributed by atoms with van der Waals surface area (Å²) in [4.78, 5) is 24.2. The van der Waals surface area contributed by atoms with Crippen LogP contribution in [0.25, 0.3) is 0 Å². The van der Waals surface area contributed by atoms with Crippen LogP contribution < -0.4 is 25.8 Å². The molecule has 0 aliphatic heterocycles. The van der Waals surface area contributed by atoms with Gasteiger partial charge in [0.1, 0.15) is 11.5 Å². The average Bonchev–Trinajstić information content (AvgIpc) is 2.66. The number of benzene rings is 2. The van der Waals surface area contributed by atoms with Gasteiger partial charge in [0, 0.05) is 29.4 Å². The lowest BCUT2D eigenvalue weighted by molar-refractivity contribution is -0.118. The van der Waals surface area contributed by atoms with Crippen molar-refractivity contribution in [3.63, 3.8) is 0 Å². The molecule has 2 aromatic rings. The third-order valence-corrected chi connectivity index (χ3v) is 3.80. The lowest BCUT2D eigenvalue weighted by atomic mass is 10.1. The van der Waals surface area contributed by atoms with Gasteiger partial charge in [-0.3, -0.25) is 9.59 Å². The number of ether oxygens (including phenoxy) is 2. The Labute approximate surface area is 171 Å². The van der Waals surface area contributed by atoms with Crippen molar-refractivity contribution in [2.75, 3.05) is 25.6 Å². The molecule has 8 heteroatoms. The van der Waals surface area contributed by atoms with Gasteiger partial charge in [0.2, 0.25) is 0 Å². The first-order valence-corrected chi connectivity index (χ1v) is 8.52. The second-order valence-corrected chi connectivity index (χ2v) is 6.64. The van der Waals surface area contributed by atoms with Crippen LogP contribution in [-0.4, -0.2) is 37.6 Å². The molecule has 0 fully saturated rings. The second kappa shape index (κ2) is 10.5. The molecule has 2 rings (SSSR count). The van der Waals surface area contributed by atoms with Crippen LogP contribution in [0.2, 0.25) is 0 Å². The number of amides is 2. The molecule has 0 saturated heterocycles. The largest absolute Gasteiger partial charge is 0.497 e. The Hall–Kier alpha value is -2.77. The first-order valence-electron chi connectivity index (χ1n) is 8.52. The third-order valence-electron chi connectivity index (χ3n) is 3.80. The molecule has 0 aliphatic rings. The summed E-state index contributed by atoms with van der Waals surface area (Å²) in [6.45, 7) is 3.89. The van der Waals surface area contributed by atoms with E-state index in [4.69, 9.17) is 15.2 Å². The van der Waals surface area contributed by atoms with E-state index in [1.807, 2.05) is 13.8 Å². The Morgan fingerprint density at radius 2 is 1.75 bits per heavy atom. The minimum absolute atomic E-state index is 0. The first-order chi connectivity index (χ1) is 12.8. The van der Waals surface area contributed by atoms with Gasteiger partial charge >= 0.3 is 0 Å². The fraction of sp³-hybridized carbons (Fsp3) is 0.300. The molecular formula is C20H26ClN3O4. The van der Waals surface area contributed by atoms with E-state index >= 15 is 0 Å². The fourth-order valence-corrected chi connectivity index (χ4v) is 2.18. The SMILES string of the molecule is COc1cccc(NC(=O)COc2ccc(C(=O)NC(C)(C)CN)cc2)c1.Cl. The van der Waals surface area contributed by atoms with Gasteiger partial charge in [-0.1, -0.05) is 6.07 Å². The highest BCUT2D eigenvalue weighted by Gasteiger charge is 2.19. The van der Waals surface area contributed by atoms with Gasteiger partial charge in [0.05, 0.1) is 7.11 Å². The van der Waals surface area contributed by atoms with Gasteiger partial charge in [-0.05, 0) is 50.2 Å². The topological polar surface area (TPSA) is 103 Å². The van der Waals surface area contributed by atoms with Crippen LogP contribution in [0, 0.1) is 0 Å². The monoisotopic (exact) mass is 407 g/mol. The average molecular weight is 408 g/mol. The first kappa shape index (κ1) is 23.3. The Kier molecular flexibility index (Phi) is 8.76. The quantitative estimate of drug-likeness (QED) is 0.624. The summed E-state index contributed by atoms with van der Waals surface area (Å²) < 4.78 is 10.6. The van der Waals surface area contributed by atoms with E-state index < -0.39 is 5.54 Å². The molecule has 0 bridgehead atoms. The minimum atomic E-state index is -0.482. The number of carbonyl (C=O) groups excluding carboxylic acids is 2. The number of halogens is 1. The molecule has 7 nitrogen and oxygen atoms in total. The highest BCUT2D eigenvalue weighted by Crippen LogP contribution is 2.17. The van der Waals surface area contributed by atoms with Crippen LogP contribution in [0.3, 0.4) is 0 Å². The zero-order chi connectivity index (χ0) is 19.9. The molecule has 4 N–H and O–H groups in total. The van der Waals surface area contributed by atoms with Crippen molar-refractivity contribution < 1.29 is 19.1 Å². The molecular weight excluding hydrogens is 382 g/mol. The van der Waals surface area contributed by atoms with Gasteiger partial charge in [-0.25, -0.2) is 0 Å². The summed E-state index contributed by atoms with van der Waals surface area (Å²) >= 11 is 0. The standard InChI is InChI=1S/C20H25N3O4.ClH/c1-20(2,13-21)23-19(25)14-7-9-16(10-8-14)27-12-18(24)22-15-5-4-6-17(11-15)26-3;/h4-11H,12-13,21H2,1-3H3,(H,22,24)(H,23,25);1H. The molecule has 0 saturated carbocycles. The van der Waals surface area contributed by atoms with Crippen LogP contribution in [-0.2, 0) is 4.79 Å². The molecule has 0 unspecified atom stereocenters. The van der Waals surface area contributed by atoms with Crippen molar-refractivity contribution in [1.29, 1.82) is 0 Å². The van der Waals surface area contributed by atoms with Gasteiger partial charge in [-0.2, -0.15) is 0 Å². The van der Waals surface area contributed by atoms with Crippen LogP contribution in [0.5, 0.6) is 11.5 Å². The highest BCUT2D eigenvalue weighted by molar-refractivity contribution is 5.95. The summed E-state index contributed by atoms with van der Waals surface area (Å²) in [5.74, 6) is 0.633. The van der Waals surface area contributed by atoms with Crippen LogP contribution in [0.4, 0.5) is 5.69 Å². The maximum absolute atomic E-state index is 12.2. The van der Waals surface area contributed by atoms with Gasteiger partial charge < -0.3 is 25.8 Å². The van der Waals surface area contributed by atoms with Crippen molar-refractivity contribution in [3.8, 4) is 11.5 Å². The molecule has 152 valence electrons. The van der Waals surface area contributed by atoms with Crippen LogP contribution in [0.1, 0.15) is 24.2 Å². The summed E-state index contributed by atoms with van der Waals surface area (Å²) in [6.07, 6.45) is 0. The molecule has 0 heterocycles. The van der Waals surface area contributed by atoms with E-state index in [9.17, 15) is 9.59 Å². The van der Waals surface area contributed by atoms with Crippen LogP contribution >= 0.6 is 12.4 Å². The van der Waals surface area contributed by atoms with Crippen molar-refractivity contribution in [3.05, 3.63) is 54.1 Å². The third kappa shape index (κ3) is 7.09. The Morgan fingerprint density at radius 3 is 2.36 bits per heavy atom. The fourth-order valence-electron chi connectivity index (χ4n) is 2.18. The maximum Gasteiger partial charge on any atom is 0.262 e. The molecule has 2 aromatic carbocycles. The number of nitrogens with two attached hydrogens (primary N) is 1. The van der Waals surface area contributed by atoms with E-state index in [1.165, 1.54) is 0 Å². The molecule has 2 amide bonds. The van der Waals surface area contributed by atoms with Crippen molar-refractivity contribution >= 4 is 29.9 Å². The zero-order valence-electron chi connectivity index (χ0n) is 16.2. The maximum atomic E-state index is 12.2. The van der Waals surface area contributed by atoms with Crippen LogP contribution in [0.15, 0.2) is 48.5 Å². The van der Waals surface area contributed by atoms with Gasteiger partial charge in [0.25, 0.3) is 11.8 Å². The second-order valence-electron chi connectivity index (χ2n) is 6.64. The Bertz CT molecular complexity index is 794. The molecule has 28 heavy (non-hydrogen) atoms. The summed E-state index contributed by atoms with van der Waals surface area (Å²) in [5, 5.41) is 5.58. The number of rotatable bonds is 8. The van der Waals surface area contributed by atoms with E-state index in [0.29, 0.717) is 29.3 Å². The number of methoxy groups -OCH3 is 1. The normalized spacial score (nSPS) is 10.4. The molecule has 0 aliphatic carbocycles. The van der Waals surface area contributed by atoms with E-state index in [-0.39, 0.29) is 30.8 Å². The van der Waals surface area contributed by atoms with Crippen molar-refractivity contribution in [2.45, 2.75) is 19.4 Å². The van der Waals surface area contributed by atoms with Crippen molar-refractivity contribution in [2.24, 2.45) is 5.73 Å². The highest BCUT2D eigenvalue weighted by atomic mass is 35.5. The minimum Gasteiger partial charge on any atom is -0.497 e. The van der Waals surface area contributed by atoms with Crippen molar-refractivity contribution in [1.82, 2.24) is 5.32 Å². The lowest BCUT2D eigenvalue weighted by Crippen LogP contribution is -2.48. The number of nitrogens with one attached hydrogen (secondary N) is 2. The summed E-state index contributed by atoms with van der Waals surface area (Å²) in [6, 6.07) is 13.6. The predicted molar refractivity (Wildman–Crippen MR) is 111 cm³/mol. The Balaban J connectivity index is 0.00000392. The number of anilines is 1. The zero-order valence-corrected chi connectivity index (χ0v) is 17.0. The van der Waals surface area contributed by atoms with E-state index in [2.05, 4.69) is 10.6 Å². The molecule has 0 radical (unpaired) electrons. The lowest BCUT2D eigenvalue weighted by Gasteiger charge is -2.24. The summed E-state index contributed by atoms with van der Waals surface area (Å²) in [5.41, 5.74) is 6.25. The molecule has 0 spiro atoms. The number of carbonyl (C=O) groups is 2. The van der Waals surface area contributed by atoms with E-state index in [0.717, 1.165) is 0 Å². The number of hydrogen-bond acceptors (Lipinski definition) is 5. The number of hydrogen-bond donors (Lipinski definition) is 3.